The lowest BCUT2D eigenvalue weighted by Gasteiger charge is -2.20. The second-order valence-corrected chi connectivity index (χ2v) is 5.97. The first kappa shape index (κ1) is 16.2. The first-order valence-corrected chi connectivity index (χ1v) is 7.96. The van der Waals surface area contributed by atoms with Gasteiger partial charge in [0.1, 0.15) is 5.75 Å². The van der Waals surface area contributed by atoms with Crippen LogP contribution in [0, 0.1) is 17.0 Å². The van der Waals surface area contributed by atoms with Gasteiger partial charge in [-0.05, 0) is 12.1 Å². The predicted molar refractivity (Wildman–Crippen MR) is 90.5 cm³/mol. The molecule has 9 nitrogen and oxygen atoms in total. The lowest BCUT2D eigenvalue weighted by molar-refractivity contribution is -0.385. The largest absolute Gasteiger partial charge is 0.467 e. The van der Waals surface area contributed by atoms with Crippen LogP contribution in [0.2, 0.25) is 0 Å². The molecule has 2 heterocycles. The molecule has 1 aliphatic heterocycles. The van der Waals surface area contributed by atoms with Crippen LogP contribution in [-0.2, 0) is 17.9 Å². The highest BCUT2D eigenvalue weighted by Crippen LogP contribution is 2.33. The normalized spacial score (nSPS) is 13.1. The third kappa shape index (κ3) is 3.11. The Bertz CT molecular complexity index is 968. The molecule has 0 aliphatic carbocycles. The summed E-state index contributed by atoms with van der Waals surface area (Å²) < 4.78 is 10.7. The lowest BCUT2D eigenvalue weighted by atomic mass is 10.1. The molecule has 0 unspecified atom stereocenters. The average Bonchev–Trinajstić information content (AvgIpc) is 3.10. The smallest absolute Gasteiger partial charge is 0.270 e. The van der Waals surface area contributed by atoms with Crippen molar-refractivity contribution in [3.63, 3.8) is 0 Å². The lowest BCUT2D eigenvalue weighted by Crippen LogP contribution is -2.15. The molecule has 0 radical (unpaired) electrons. The van der Waals surface area contributed by atoms with Crippen molar-refractivity contribution < 1.29 is 14.4 Å². The van der Waals surface area contributed by atoms with Crippen molar-refractivity contribution in [3.8, 4) is 17.1 Å². The number of nitrogens with zero attached hydrogens (tertiary/aromatic N) is 5. The van der Waals surface area contributed by atoms with Crippen molar-refractivity contribution in [1.82, 2.24) is 20.2 Å². The Morgan fingerprint density at radius 3 is 2.85 bits per heavy atom. The van der Waals surface area contributed by atoms with Crippen molar-refractivity contribution in [2.75, 3.05) is 6.79 Å². The van der Waals surface area contributed by atoms with Crippen LogP contribution in [0.3, 0.4) is 0 Å². The van der Waals surface area contributed by atoms with Crippen LogP contribution in [0.25, 0.3) is 11.4 Å². The van der Waals surface area contributed by atoms with E-state index in [1.807, 2.05) is 31.2 Å². The Morgan fingerprint density at radius 2 is 2.08 bits per heavy atom. The second-order valence-electron chi connectivity index (χ2n) is 5.97. The summed E-state index contributed by atoms with van der Waals surface area (Å²) in [6.07, 6.45) is 0. The number of aryl methyl sites for hydroxylation is 1. The summed E-state index contributed by atoms with van der Waals surface area (Å²) in [5.74, 6) is 1.07. The zero-order chi connectivity index (χ0) is 18.1. The van der Waals surface area contributed by atoms with E-state index in [0.29, 0.717) is 22.7 Å². The van der Waals surface area contributed by atoms with Crippen LogP contribution < -0.4 is 4.74 Å². The van der Waals surface area contributed by atoms with Crippen LogP contribution >= 0.6 is 0 Å². The predicted octanol–water partition coefficient (Wildman–Crippen LogP) is 2.47. The number of ether oxygens (including phenoxy) is 2. The molecule has 132 valence electrons. The first-order valence-electron chi connectivity index (χ1n) is 7.96. The minimum absolute atomic E-state index is 0.0216. The Balaban J connectivity index is 1.66. The summed E-state index contributed by atoms with van der Waals surface area (Å²) >= 11 is 0. The van der Waals surface area contributed by atoms with E-state index in [0.717, 1.165) is 11.1 Å². The third-order valence-electron chi connectivity index (χ3n) is 4.06. The van der Waals surface area contributed by atoms with E-state index in [-0.39, 0.29) is 25.6 Å². The number of fused-ring (bicyclic) bond motifs is 1. The van der Waals surface area contributed by atoms with Gasteiger partial charge in [-0.25, -0.2) is 0 Å². The maximum absolute atomic E-state index is 11.2. The van der Waals surface area contributed by atoms with E-state index < -0.39 is 4.92 Å². The molecule has 1 aromatic heterocycles. The molecule has 9 heteroatoms. The number of hydrogen-bond donors (Lipinski definition) is 0. The second kappa shape index (κ2) is 6.52. The molecule has 0 bridgehead atoms. The monoisotopic (exact) mass is 353 g/mol. The standard InChI is InChI=1S/C17H15N5O4/c1-11-2-4-12(5-3-11)17-18-20-21(19-17)8-13-6-15(22(23)24)7-14-9-25-10-26-16(13)14/h2-7H,8-10H2,1H3. The summed E-state index contributed by atoms with van der Waals surface area (Å²) in [7, 11) is 0. The molecule has 4 rings (SSSR count). The van der Waals surface area contributed by atoms with Gasteiger partial charge in [-0.15, -0.1) is 10.2 Å². The van der Waals surface area contributed by atoms with E-state index in [9.17, 15) is 10.1 Å². The fourth-order valence-electron chi connectivity index (χ4n) is 2.78. The highest BCUT2D eigenvalue weighted by molar-refractivity contribution is 5.54. The number of nitro groups is 1. The van der Waals surface area contributed by atoms with Crippen molar-refractivity contribution in [2.24, 2.45) is 0 Å². The van der Waals surface area contributed by atoms with Crippen molar-refractivity contribution in [3.05, 3.63) is 63.2 Å². The number of aromatic nitrogens is 4. The van der Waals surface area contributed by atoms with E-state index in [1.54, 1.807) is 0 Å². The number of benzene rings is 2. The molecule has 0 N–H and O–H groups in total. The minimum atomic E-state index is -0.440. The number of tetrazole rings is 1. The molecule has 0 saturated carbocycles. The Labute approximate surface area is 148 Å². The van der Waals surface area contributed by atoms with Gasteiger partial charge in [0.15, 0.2) is 6.79 Å². The number of hydrogen-bond acceptors (Lipinski definition) is 7. The molecule has 2 aromatic carbocycles. The van der Waals surface area contributed by atoms with Crippen LogP contribution in [0.1, 0.15) is 16.7 Å². The van der Waals surface area contributed by atoms with E-state index in [2.05, 4.69) is 15.4 Å². The average molecular weight is 353 g/mol. The van der Waals surface area contributed by atoms with Crippen molar-refractivity contribution >= 4 is 5.69 Å². The molecular weight excluding hydrogens is 338 g/mol. The van der Waals surface area contributed by atoms with Gasteiger partial charge in [-0.2, -0.15) is 4.80 Å². The molecule has 0 spiro atoms. The number of nitro benzene ring substituents is 1. The minimum Gasteiger partial charge on any atom is -0.467 e. The molecule has 1 aliphatic rings. The maximum Gasteiger partial charge on any atom is 0.270 e. The van der Waals surface area contributed by atoms with Gasteiger partial charge in [0.2, 0.25) is 5.82 Å². The number of non-ortho nitro benzene ring substituents is 1. The van der Waals surface area contributed by atoms with Gasteiger partial charge in [0.05, 0.1) is 18.1 Å². The van der Waals surface area contributed by atoms with Crippen LogP contribution in [0.15, 0.2) is 36.4 Å². The van der Waals surface area contributed by atoms with Crippen LogP contribution in [-0.4, -0.2) is 31.9 Å². The highest BCUT2D eigenvalue weighted by Gasteiger charge is 2.21. The van der Waals surface area contributed by atoms with E-state index in [4.69, 9.17) is 9.47 Å². The topological polar surface area (TPSA) is 105 Å². The summed E-state index contributed by atoms with van der Waals surface area (Å²) in [5.41, 5.74) is 3.23. The number of rotatable bonds is 4. The molecule has 0 saturated heterocycles. The quantitative estimate of drug-likeness (QED) is 0.524. The van der Waals surface area contributed by atoms with Crippen molar-refractivity contribution in [1.29, 1.82) is 0 Å². The van der Waals surface area contributed by atoms with Gasteiger partial charge in [0, 0.05) is 28.8 Å². The summed E-state index contributed by atoms with van der Waals surface area (Å²) in [6.45, 7) is 2.59. The van der Waals surface area contributed by atoms with Crippen LogP contribution in [0.4, 0.5) is 5.69 Å². The maximum atomic E-state index is 11.2. The Hall–Kier alpha value is -3.33. The Kier molecular flexibility index (Phi) is 4.05. The SMILES string of the molecule is Cc1ccc(-c2nnn(Cc3cc([N+](=O)[O-])cc4c3OCOC4)n2)cc1. The molecule has 26 heavy (non-hydrogen) atoms. The fraction of sp³-hybridized carbons (Fsp3) is 0.235. The van der Waals surface area contributed by atoms with Gasteiger partial charge >= 0.3 is 0 Å². The zero-order valence-electron chi connectivity index (χ0n) is 14.0. The highest BCUT2D eigenvalue weighted by atomic mass is 16.7. The summed E-state index contributed by atoms with van der Waals surface area (Å²) in [4.78, 5) is 12.1. The van der Waals surface area contributed by atoms with Gasteiger partial charge in [-0.3, -0.25) is 10.1 Å². The fourth-order valence-corrected chi connectivity index (χ4v) is 2.78. The van der Waals surface area contributed by atoms with Gasteiger partial charge in [-0.1, -0.05) is 29.8 Å². The molecule has 3 aromatic rings. The first-order chi connectivity index (χ1) is 12.6. The molecule has 0 amide bonds. The van der Waals surface area contributed by atoms with E-state index >= 15 is 0 Å². The van der Waals surface area contributed by atoms with Crippen molar-refractivity contribution in [2.45, 2.75) is 20.1 Å². The Morgan fingerprint density at radius 1 is 1.27 bits per heavy atom. The van der Waals surface area contributed by atoms with Gasteiger partial charge in [0.25, 0.3) is 5.69 Å². The summed E-state index contributed by atoms with van der Waals surface area (Å²) in [5, 5.41) is 23.7. The molecule has 0 fully saturated rings. The van der Waals surface area contributed by atoms with Gasteiger partial charge < -0.3 is 9.47 Å². The van der Waals surface area contributed by atoms with E-state index in [1.165, 1.54) is 16.9 Å². The molecular formula is C17H15N5O4. The third-order valence-corrected chi connectivity index (χ3v) is 4.06. The summed E-state index contributed by atoms with van der Waals surface area (Å²) in [6, 6.07) is 10.7. The van der Waals surface area contributed by atoms with Crippen LogP contribution in [0.5, 0.6) is 5.75 Å². The molecule has 0 atom stereocenters. The zero-order valence-corrected chi connectivity index (χ0v) is 14.0.